The standard InChI is InChI=1S/C10H7ClF2O/c11-6-2-3-7(12)9(10(6)13)5-1-4-8(5)14/h2-3,5H,1,4H2. The van der Waals surface area contributed by atoms with Gasteiger partial charge < -0.3 is 0 Å². The molecular formula is C10H7ClF2O. The summed E-state index contributed by atoms with van der Waals surface area (Å²) in [6.45, 7) is 0. The molecule has 0 heterocycles. The molecule has 0 aliphatic heterocycles. The minimum Gasteiger partial charge on any atom is -0.299 e. The van der Waals surface area contributed by atoms with Crippen molar-refractivity contribution in [3.63, 3.8) is 0 Å². The summed E-state index contributed by atoms with van der Waals surface area (Å²) in [6, 6.07) is 2.24. The molecule has 0 aromatic heterocycles. The van der Waals surface area contributed by atoms with Gasteiger partial charge in [-0.05, 0) is 18.6 Å². The number of Topliss-reactive ketones (excluding diaryl/α,β-unsaturated/α-hetero) is 1. The molecule has 2 rings (SSSR count). The van der Waals surface area contributed by atoms with Crippen LogP contribution in [-0.4, -0.2) is 5.78 Å². The van der Waals surface area contributed by atoms with Crippen LogP contribution in [0.1, 0.15) is 24.3 Å². The third kappa shape index (κ3) is 1.32. The molecule has 0 radical (unpaired) electrons. The molecule has 14 heavy (non-hydrogen) atoms. The van der Waals surface area contributed by atoms with Crippen molar-refractivity contribution >= 4 is 17.4 Å². The first-order chi connectivity index (χ1) is 6.61. The van der Waals surface area contributed by atoms with E-state index < -0.39 is 17.6 Å². The Bertz CT molecular complexity index is 403. The Hall–Kier alpha value is -0.960. The number of benzene rings is 1. The molecule has 0 saturated heterocycles. The van der Waals surface area contributed by atoms with Gasteiger partial charge >= 0.3 is 0 Å². The Balaban J connectivity index is 2.50. The van der Waals surface area contributed by atoms with Crippen molar-refractivity contribution in [1.29, 1.82) is 0 Å². The molecular weight excluding hydrogens is 210 g/mol. The van der Waals surface area contributed by atoms with Gasteiger partial charge in [0.1, 0.15) is 17.4 Å². The van der Waals surface area contributed by atoms with Crippen LogP contribution in [0.2, 0.25) is 5.02 Å². The molecule has 0 bridgehead atoms. The van der Waals surface area contributed by atoms with E-state index in [0.717, 1.165) is 12.1 Å². The fourth-order valence-electron chi connectivity index (χ4n) is 1.57. The molecule has 1 aromatic rings. The van der Waals surface area contributed by atoms with Gasteiger partial charge in [0.05, 0.1) is 5.02 Å². The topological polar surface area (TPSA) is 17.1 Å². The highest BCUT2D eigenvalue weighted by Crippen LogP contribution is 2.37. The molecule has 1 aliphatic carbocycles. The maximum atomic E-state index is 13.4. The van der Waals surface area contributed by atoms with Gasteiger partial charge in [-0.1, -0.05) is 11.6 Å². The van der Waals surface area contributed by atoms with Crippen LogP contribution in [0.5, 0.6) is 0 Å². The summed E-state index contributed by atoms with van der Waals surface area (Å²) in [5, 5.41) is -0.138. The van der Waals surface area contributed by atoms with Crippen LogP contribution in [0.25, 0.3) is 0 Å². The second-order valence-corrected chi connectivity index (χ2v) is 3.72. The summed E-state index contributed by atoms with van der Waals surface area (Å²) < 4.78 is 26.6. The summed E-state index contributed by atoms with van der Waals surface area (Å²) in [5.74, 6) is -2.24. The van der Waals surface area contributed by atoms with Gasteiger partial charge in [0, 0.05) is 17.9 Å². The fraction of sp³-hybridized carbons (Fsp3) is 0.300. The maximum Gasteiger partial charge on any atom is 0.148 e. The second-order valence-electron chi connectivity index (χ2n) is 3.31. The first-order valence-electron chi connectivity index (χ1n) is 4.27. The van der Waals surface area contributed by atoms with Crippen LogP contribution < -0.4 is 0 Å². The zero-order valence-corrected chi connectivity index (χ0v) is 7.94. The van der Waals surface area contributed by atoms with Crippen molar-refractivity contribution in [3.05, 3.63) is 34.4 Å². The summed E-state index contributed by atoms with van der Waals surface area (Å²) in [4.78, 5) is 11.1. The van der Waals surface area contributed by atoms with E-state index in [1.54, 1.807) is 0 Å². The van der Waals surface area contributed by atoms with Gasteiger partial charge in [-0.25, -0.2) is 8.78 Å². The molecule has 1 nitrogen and oxygen atoms in total. The molecule has 0 amide bonds. The van der Waals surface area contributed by atoms with Crippen LogP contribution in [0.15, 0.2) is 12.1 Å². The van der Waals surface area contributed by atoms with Gasteiger partial charge in [-0.3, -0.25) is 4.79 Å². The summed E-state index contributed by atoms with van der Waals surface area (Å²) >= 11 is 5.51. The molecule has 1 atom stereocenters. The van der Waals surface area contributed by atoms with E-state index in [-0.39, 0.29) is 16.4 Å². The number of hydrogen-bond donors (Lipinski definition) is 0. The third-order valence-electron chi connectivity index (χ3n) is 2.50. The first-order valence-corrected chi connectivity index (χ1v) is 4.65. The number of hydrogen-bond acceptors (Lipinski definition) is 1. The zero-order valence-electron chi connectivity index (χ0n) is 7.19. The quantitative estimate of drug-likeness (QED) is 0.660. The predicted octanol–water partition coefficient (Wildman–Crippen LogP) is 3.06. The molecule has 1 aliphatic rings. The lowest BCUT2D eigenvalue weighted by Gasteiger charge is -2.25. The van der Waals surface area contributed by atoms with E-state index in [1.807, 2.05) is 0 Å². The van der Waals surface area contributed by atoms with Gasteiger partial charge in [0.25, 0.3) is 0 Å². The van der Waals surface area contributed by atoms with E-state index in [2.05, 4.69) is 0 Å². The van der Waals surface area contributed by atoms with E-state index in [1.165, 1.54) is 0 Å². The molecule has 1 saturated carbocycles. The second kappa shape index (κ2) is 3.31. The number of carbonyl (C=O) groups excluding carboxylic acids is 1. The molecule has 0 N–H and O–H groups in total. The Labute approximate surface area is 84.7 Å². The average molecular weight is 217 g/mol. The molecule has 0 spiro atoms. The monoisotopic (exact) mass is 216 g/mol. The Morgan fingerprint density at radius 2 is 2.07 bits per heavy atom. The minimum absolute atomic E-state index is 0.120. The summed E-state index contributed by atoms with van der Waals surface area (Å²) in [5.41, 5.74) is -0.172. The van der Waals surface area contributed by atoms with E-state index in [4.69, 9.17) is 11.6 Å². The highest BCUT2D eigenvalue weighted by Gasteiger charge is 2.34. The van der Waals surface area contributed by atoms with Crippen molar-refractivity contribution in [1.82, 2.24) is 0 Å². The molecule has 74 valence electrons. The molecule has 1 fully saturated rings. The SMILES string of the molecule is O=C1CCC1c1c(F)ccc(Cl)c1F. The van der Waals surface area contributed by atoms with Crippen LogP contribution in [0.3, 0.4) is 0 Å². The van der Waals surface area contributed by atoms with Crippen LogP contribution in [0, 0.1) is 11.6 Å². The van der Waals surface area contributed by atoms with E-state index in [0.29, 0.717) is 12.8 Å². The Kier molecular flexibility index (Phi) is 2.27. The number of halogens is 3. The number of carbonyl (C=O) groups is 1. The van der Waals surface area contributed by atoms with Crippen molar-refractivity contribution in [2.75, 3.05) is 0 Å². The van der Waals surface area contributed by atoms with Gasteiger partial charge in [0.2, 0.25) is 0 Å². The lowest BCUT2D eigenvalue weighted by molar-refractivity contribution is -0.125. The van der Waals surface area contributed by atoms with Gasteiger partial charge in [0.15, 0.2) is 0 Å². The highest BCUT2D eigenvalue weighted by molar-refractivity contribution is 6.30. The highest BCUT2D eigenvalue weighted by atomic mass is 35.5. The van der Waals surface area contributed by atoms with Crippen LogP contribution >= 0.6 is 11.6 Å². The van der Waals surface area contributed by atoms with Crippen molar-refractivity contribution in [2.24, 2.45) is 0 Å². The smallest absolute Gasteiger partial charge is 0.148 e. The van der Waals surface area contributed by atoms with Crippen LogP contribution in [0.4, 0.5) is 8.78 Å². The maximum absolute atomic E-state index is 13.4. The predicted molar refractivity (Wildman–Crippen MR) is 48.4 cm³/mol. The minimum atomic E-state index is -0.801. The largest absolute Gasteiger partial charge is 0.299 e. The summed E-state index contributed by atoms with van der Waals surface area (Å²) in [7, 11) is 0. The summed E-state index contributed by atoms with van der Waals surface area (Å²) in [6.07, 6.45) is 0.906. The fourth-order valence-corrected chi connectivity index (χ4v) is 1.74. The van der Waals surface area contributed by atoms with Crippen molar-refractivity contribution < 1.29 is 13.6 Å². The number of rotatable bonds is 1. The molecule has 1 unspecified atom stereocenters. The number of ketones is 1. The Morgan fingerprint density at radius 1 is 1.36 bits per heavy atom. The molecule has 4 heteroatoms. The first kappa shape index (κ1) is 9.59. The normalized spacial score (nSPS) is 20.8. The van der Waals surface area contributed by atoms with Gasteiger partial charge in [-0.15, -0.1) is 0 Å². The van der Waals surface area contributed by atoms with E-state index in [9.17, 15) is 13.6 Å². The third-order valence-corrected chi connectivity index (χ3v) is 2.79. The van der Waals surface area contributed by atoms with E-state index >= 15 is 0 Å². The zero-order chi connectivity index (χ0) is 10.3. The van der Waals surface area contributed by atoms with Gasteiger partial charge in [-0.2, -0.15) is 0 Å². The van der Waals surface area contributed by atoms with Crippen LogP contribution in [-0.2, 0) is 4.79 Å². The average Bonchev–Trinajstić information content (AvgIpc) is 2.16. The molecule has 1 aromatic carbocycles. The van der Waals surface area contributed by atoms with Crippen molar-refractivity contribution in [3.8, 4) is 0 Å². The lowest BCUT2D eigenvalue weighted by atomic mass is 9.78. The van der Waals surface area contributed by atoms with Crippen molar-refractivity contribution in [2.45, 2.75) is 18.8 Å². The lowest BCUT2D eigenvalue weighted by Crippen LogP contribution is -2.25. The Morgan fingerprint density at radius 3 is 2.57 bits per heavy atom.